The highest BCUT2D eigenvalue weighted by Crippen LogP contribution is 2.14. The lowest BCUT2D eigenvalue weighted by atomic mass is 10.3. The molecule has 0 amide bonds. The zero-order valence-electron chi connectivity index (χ0n) is 8.70. The largest absolute Gasteiger partial charge is 0.508 e. The van der Waals surface area contributed by atoms with Crippen molar-refractivity contribution in [3.8, 4) is 5.75 Å². The predicted octanol–water partition coefficient (Wildman–Crippen LogP) is 3.08. The monoisotopic (exact) mass is 241 g/mol. The number of para-hydroxylation sites is 1. The molecule has 2 aromatic rings. The maximum Gasteiger partial charge on any atom is 0.181 e. The Hall–Kier alpha value is -2.17. The maximum absolute atomic E-state index is 12.2. The average Bonchev–Trinajstić information content (AvgIpc) is 2.27. The lowest BCUT2D eigenvalue weighted by Gasteiger charge is -1.96. The first kappa shape index (κ1) is 12.9. The number of rotatable bonds is 0. The molecule has 0 aromatic heterocycles. The standard InChI is InChI=1S/C6H4F3N.C6H6O/c7-3-1-4(8)6(9)5(10)2-3;7-6-4-2-1-3-5-6/h1-2H,10H2;1-5,7H. The quantitative estimate of drug-likeness (QED) is 0.550. The van der Waals surface area contributed by atoms with Crippen molar-refractivity contribution in [3.63, 3.8) is 0 Å². The van der Waals surface area contributed by atoms with Crippen LogP contribution in [0.15, 0.2) is 42.5 Å². The molecular formula is C12H10F3NO. The molecule has 0 saturated carbocycles. The topological polar surface area (TPSA) is 46.2 Å². The summed E-state index contributed by atoms with van der Waals surface area (Å²) in [4.78, 5) is 0. The van der Waals surface area contributed by atoms with Gasteiger partial charge >= 0.3 is 0 Å². The zero-order chi connectivity index (χ0) is 12.8. The molecule has 2 aromatic carbocycles. The van der Waals surface area contributed by atoms with Crippen LogP contribution in [0.1, 0.15) is 0 Å². The number of anilines is 1. The number of halogens is 3. The van der Waals surface area contributed by atoms with Crippen molar-refractivity contribution in [2.75, 3.05) is 5.73 Å². The van der Waals surface area contributed by atoms with Gasteiger partial charge in [0.25, 0.3) is 0 Å². The highest BCUT2D eigenvalue weighted by atomic mass is 19.2. The molecule has 2 rings (SSSR count). The number of nitrogen functional groups attached to an aromatic ring is 1. The molecule has 0 aliphatic carbocycles. The fourth-order valence-electron chi connectivity index (χ4n) is 1.00. The average molecular weight is 241 g/mol. The molecule has 0 aliphatic rings. The summed E-state index contributed by atoms with van der Waals surface area (Å²) in [7, 11) is 0. The van der Waals surface area contributed by atoms with Gasteiger partial charge in [-0.2, -0.15) is 0 Å². The minimum Gasteiger partial charge on any atom is -0.508 e. The molecule has 2 nitrogen and oxygen atoms in total. The van der Waals surface area contributed by atoms with Crippen LogP contribution in [0.5, 0.6) is 5.75 Å². The number of aromatic hydroxyl groups is 1. The molecule has 0 atom stereocenters. The van der Waals surface area contributed by atoms with Gasteiger partial charge in [0.15, 0.2) is 11.6 Å². The summed E-state index contributed by atoms with van der Waals surface area (Å²) >= 11 is 0. The van der Waals surface area contributed by atoms with Crippen molar-refractivity contribution in [1.82, 2.24) is 0 Å². The highest BCUT2D eigenvalue weighted by molar-refractivity contribution is 5.39. The van der Waals surface area contributed by atoms with Gasteiger partial charge in [-0.05, 0) is 18.2 Å². The lowest BCUT2D eigenvalue weighted by Crippen LogP contribution is -1.95. The van der Waals surface area contributed by atoms with E-state index >= 15 is 0 Å². The Labute approximate surface area is 96.1 Å². The number of hydrogen-bond acceptors (Lipinski definition) is 2. The van der Waals surface area contributed by atoms with Crippen LogP contribution in [0.4, 0.5) is 18.9 Å². The molecule has 0 spiro atoms. The molecule has 0 bridgehead atoms. The zero-order valence-corrected chi connectivity index (χ0v) is 8.70. The van der Waals surface area contributed by atoms with Crippen molar-refractivity contribution < 1.29 is 18.3 Å². The summed E-state index contributed by atoms with van der Waals surface area (Å²) < 4.78 is 36.5. The fourth-order valence-corrected chi connectivity index (χ4v) is 1.00. The van der Waals surface area contributed by atoms with E-state index in [1.54, 1.807) is 24.3 Å². The van der Waals surface area contributed by atoms with E-state index in [0.29, 0.717) is 11.8 Å². The third-order valence-electron chi connectivity index (χ3n) is 1.78. The van der Waals surface area contributed by atoms with Gasteiger partial charge < -0.3 is 10.8 Å². The van der Waals surface area contributed by atoms with E-state index < -0.39 is 23.1 Å². The van der Waals surface area contributed by atoms with Crippen LogP contribution in [0.2, 0.25) is 0 Å². The van der Waals surface area contributed by atoms with Crippen LogP contribution in [-0.4, -0.2) is 5.11 Å². The summed E-state index contributed by atoms with van der Waals surface area (Å²) in [6.45, 7) is 0. The molecule has 90 valence electrons. The van der Waals surface area contributed by atoms with E-state index in [1.165, 1.54) is 0 Å². The van der Waals surface area contributed by atoms with E-state index in [1.807, 2.05) is 6.07 Å². The van der Waals surface area contributed by atoms with Crippen LogP contribution >= 0.6 is 0 Å². The van der Waals surface area contributed by atoms with Crippen molar-refractivity contribution in [2.24, 2.45) is 0 Å². The van der Waals surface area contributed by atoms with E-state index in [2.05, 4.69) is 0 Å². The van der Waals surface area contributed by atoms with Crippen molar-refractivity contribution in [1.29, 1.82) is 0 Å². The van der Waals surface area contributed by atoms with Gasteiger partial charge in [-0.1, -0.05) is 18.2 Å². The maximum atomic E-state index is 12.2. The van der Waals surface area contributed by atoms with E-state index in [9.17, 15) is 13.2 Å². The van der Waals surface area contributed by atoms with Crippen molar-refractivity contribution >= 4 is 5.69 Å². The van der Waals surface area contributed by atoms with Gasteiger partial charge in [0.05, 0.1) is 5.69 Å². The first-order chi connectivity index (χ1) is 8.00. The number of hydrogen-bond donors (Lipinski definition) is 2. The van der Waals surface area contributed by atoms with Gasteiger partial charge in [0.2, 0.25) is 0 Å². The molecular weight excluding hydrogens is 231 g/mol. The van der Waals surface area contributed by atoms with Crippen LogP contribution < -0.4 is 5.73 Å². The van der Waals surface area contributed by atoms with E-state index in [4.69, 9.17) is 10.8 Å². The van der Waals surface area contributed by atoms with Gasteiger partial charge in [-0.15, -0.1) is 0 Å². The Bertz CT molecular complexity index is 465. The highest BCUT2D eigenvalue weighted by Gasteiger charge is 2.06. The SMILES string of the molecule is Nc1cc(F)cc(F)c1F.Oc1ccccc1. The Morgan fingerprint density at radius 1 is 0.941 bits per heavy atom. The third-order valence-corrected chi connectivity index (χ3v) is 1.78. The Kier molecular flexibility index (Phi) is 4.39. The number of phenolic OH excluding ortho intramolecular Hbond substituents is 1. The van der Waals surface area contributed by atoms with Crippen LogP contribution in [0.3, 0.4) is 0 Å². The summed E-state index contributed by atoms with van der Waals surface area (Å²) in [6, 6.07) is 9.87. The molecule has 0 radical (unpaired) electrons. The Morgan fingerprint density at radius 3 is 1.94 bits per heavy atom. The summed E-state index contributed by atoms with van der Waals surface area (Å²) in [5.74, 6) is -3.03. The summed E-state index contributed by atoms with van der Waals surface area (Å²) in [5.41, 5.74) is 4.35. The summed E-state index contributed by atoms with van der Waals surface area (Å²) in [6.07, 6.45) is 0. The molecule has 0 saturated heterocycles. The molecule has 0 fully saturated rings. The van der Waals surface area contributed by atoms with Crippen molar-refractivity contribution in [3.05, 3.63) is 59.9 Å². The predicted molar refractivity (Wildman–Crippen MR) is 58.8 cm³/mol. The van der Waals surface area contributed by atoms with E-state index in [-0.39, 0.29) is 0 Å². The first-order valence-corrected chi connectivity index (χ1v) is 4.64. The molecule has 0 unspecified atom stereocenters. The second-order valence-electron chi connectivity index (χ2n) is 3.13. The second-order valence-corrected chi connectivity index (χ2v) is 3.13. The number of phenols is 1. The van der Waals surface area contributed by atoms with Gasteiger partial charge in [0.1, 0.15) is 11.6 Å². The molecule has 0 heterocycles. The van der Waals surface area contributed by atoms with Gasteiger partial charge in [0, 0.05) is 6.07 Å². The van der Waals surface area contributed by atoms with Gasteiger partial charge in [-0.3, -0.25) is 0 Å². The van der Waals surface area contributed by atoms with Gasteiger partial charge in [-0.25, -0.2) is 13.2 Å². The second kappa shape index (κ2) is 5.79. The minimum absolute atomic E-state index is 0.322. The van der Waals surface area contributed by atoms with Crippen LogP contribution in [0.25, 0.3) is 0 Å². The van der Waals surface area contributed by atoms with Crippen LogP contribution in [0, 0.1) is 17.5 Å². The molecule has 3 N–H and O–H groups in total. The Morgan fingerprint density at radius 2 is 1.53 bits per heavy atom. The van der Waals surface area contributed by atoms with Crippen LogP contribution in [-0.2, 0) is 0 Å². The van der Waals surface area contributed by atoms with E-state index in [0.717, 1.165) is 6.07 Å². The normalized spacial score (nSPS) is 9.35. The summed E-state index contributed by atoms with van der Waals surface area (Å²) in [5, 5.41) is 8.63. The molecule has 0 aliphatic heterocycles. The van der Waals surface area contributed by atoms with Crippen molar-refractivity contribution in [2.45, 2.75) is 0 Å². The smallest absolute Gasteiger partial charge is 0.181 e. The fraction of sp³-hybridized carbons (Fsp3) is 0. The number of benzene rings is 2. The lowest BCUT2D eigenvalue weighted by molar-refractivity contribution is 0.475. The molecule has 5 heteroatoms. The first-order valence-electron chi connectivity index (χ1n) is 4.64. The molecule has 17 heavy (non-hydrogen) atoms. The minimum atomic E-state index is -1.27. The number of nitrogens with two attached hydrogens (primary N) is 1. The third kappa shape index (κ3) is 4.06. The Balaban J connectivity index is 0.000000181.